The van der Waals surface area contributed by atoms with E-state index in [9.17, 15) is 0 Å². The van der Waals surface area contributed by atoms with Crippen LogP contribution in [0, 0.1) is 18.3 Å². The van der Waals surface area contributed by atoms with Crippen molar-refractivity contribution in [3.05, 3.63) is 23.4 Å². The molecule has 0 aliphatic rings. The molecule has 0 atom stereocenters. The van der Waals surface area contributed by atoms with Crippen LogP contribution in [0.3, 0.4) is 0 Å². The summed E-state index contributed by atoms with van der Waals surface area (Å²) >= 11 is 0. The van der Waals surface area contributed by atoms with E-state index in [1.807, 2.05) is 19.9 Å². The lowest BCUT2D eigenvalue weighted by Gasteiger charge is -2.02. The summed E-state index contributed by atoms with van der Waals surface area (Å²) < 4.78 is 0. The molecule has 1 aromatic rings. The van der Waals surface area contributed by atoms with Crippen molar-refractivity contribution in [2.75, 3.05) is 11.9 Å². The maximum atomic E-state index is 8.63. The number of anilines is 1. The third kappa shape index (κ3) is 1.73. The normalized spacial score (nSPS) is 9.08. The number of nitriles is 1. The molecule has 3 heteroatoms. The highest BCUT2D eigenvalue weighted by molar-refractivity contribution is 5.42. The SMILES string of the molecule is CCNc1ccc(C#N)c(C)n1. The first kappa shape index (κ1) is 8.54. The van der Waals surface area contributed by atoms with Gasteiger partial charge in [0.1, 0.15) is 11.9 Å². The molecule has 0 aliphatic heterocycles. The van der Waals surface area contributed by atoms with Crippen molar-refractivity contribution in [2.45, 2.75) is 13.8 Å². The van der Waals surface area contributed by atoms with Gasteiger partial charge in [-0.3, -0.25) is 0 Å². The first-order valence-corrected chi connectivity index (χ1v) is 3.89. The summed E-state index contributed by atoms with van der Waals surface area (Å²) in [6.07, 6.45) is 0. The molecule has 0 bridgehead atoms. The molecule has 0 spiro atoms. The summed E-state index contributed by atoms with van der Waals surface area (Å²) in [5, 5.41) is 11.7. The molecule has 0 aromatic carbocycles. The Labute approximate surface area is 72.1 Å². The van der Waals surface area contributed by atoms with Gasteiger partial charge in [0.25, 0.3) is 0 Å². The number of nitrogens with one attached hydrogen (secondary N) is 1. The third-order valence-corrected chi connectivity index (χ3v) is 1.56. The van der Waals surface area contributed by atoms with Crippen LogP contribution in [0.25, 0.3) is 0 Å². The fourth-order valence-corrected chi connectivity index (χ4v) is 0.959. The summed E-state index contributed by atoms with van der Waals surface area (Å²) in [5.41, 5.74) is 1.41. The van der Waals surface area contributed by atoms with Crippen LogP contribution in [0.4, 0.5) is 5.82 Å². The van der Waals surface area contributed by atoms with Crippen molar-refractivity contribution in [3.8, 4) is 6.07 Å². The molecule has 0 amide bonds. The lowest BCUT2D eigenvalue weighted by Crippen LogP contribution is -2.00. The minimum absolute atomic E-state index is 0.636. The van der Waals surface area contributed by atoms with Crippen molar-refractivity contribution in [1.82, 2.24) is 4.98 Å². The van der Waals surface area contributed by atoms with E-state index in [2.05, 4.69) is 16.4 Å². The number of aromatic nitrogens is 1. The van der Waals surface area contributed by atoms with Gasteiger partial charge in [-0.05, 0) is 26.0 Å². The summed E-state index contributed by atoms with van der Waals surface area (Å²) in [6, 6.07) is 5.67. The van der Waals surface area contributed by atoms with E-state index in [0.29, 0.717) is 5.56 Å². The maximum absolute atomic E-state index is 8.63. The Morgan fingerprint density at radius 3 is 2.83 bits per heavy atom. The van der Waals surface area contributed by atoms with Gasteiger partial charge in [0, 0.05) is 6.54 Å². The predicted molar refractivity (Wildman–Crippen MR) is 47.9 cm³/mol. The zero-order valence-corrected chi connectivity index (χ0v) is 7.26. The van der Waals surface area contributed by atoms with E-state index in [4.69, 9.17) is 5.26 Å². The maximum Gasteiger partial charge on any atom is 0.126 e. The van der Waals surface area contributed by atoms with Gasteiger partial charge in [-0.25, -0.2) is 4.98 Å². The quantitative estimate of drug-likeness (QED) is 0.718. The highest BCUT2D eigenvalue weighted by Gasteiger charge is 1.98. The van der Waals surface area contributed by atoms with Crippen LogP contribution in [-0.4, -0.2) is 11.5 Å². The summed E-state index contributed by atoms with van der Waals surface area (Å²) in [7, 11) is 0. The molecule has 0 radical (unpaired) electrons. The van der Waals surface area contributed by atoms with Crippen LogP contribution in [0.2, 0.25) is 0 Å². The van der Waals surface area contributed by atoms with Gasteiger partial charge in [-0.15, -0.1) is 0 Å². The lowest BCUT2D eigenvalue weighted by molar-refractivity contribution is 1.12. The summed E-state index contributed by atoms with van der Waals surface area (Å²) in [4.78, 5) is 4.20. The van der Waals surface area contributed by atoms with E-state index in [-0.39, 0.29) is 0 Å². The molecule has 1 rings (SSSR count). The molecule has 62 valence electrons. The van der Waals surface area contributed by atoms with Crippen molar-refractivity contribution in [1.29, 1.82) is 5.26 Å². The van der Waals surface area contributed by atoms with Gasteiger partial charge in [0.15, 0.2) is 0 Å². The van der Waals surface area contributed by atoms with Crippen LogP contribution >= 0.6 is 0 Å². The molecule has 0 aliphatic carbocycles. The number of hydrogen-bond donors (Lipinski definition) is 1. The fraction of sp³-hybridized carbons (Fsp3) is 0.333. The minimum Gasteiger partial charge on any atom is -0.370 e. The Morgan fingerprint density at radius 2 is 2.33 bits per heavy atom. The summed E-state index contributed by atoms with van der Waals surface area (Å²) in [6.45, 7) is 4.69. The molecule has 0 saturated heterocycles. The first-order valence-electron chi connectivity index (χ1n) is 3.89. The average Bonchev–Trinajstić information content (AvgIpc) is 2.05. The van der Waals surface area contributed by atoms with Crippen molar-refractivity contribution in [2.24, 2.45) is 0 Å². The number of rotatable bonds is 2. The second kappa shape index (κ2) is 3.72. The minimum atomic E-state index is 0.636. The zero-order valence-electron chi connectivity index (χ0n) is 7.26. The van der Waals surface area contributed by atoms with E-state index in [1.54, 1.807) is 6.07 Å². The van der Waals surface area contributed by atoms with Crippen LogP contribution in [-0.2, 0) is 0 Å². The van der Waals surface area contributed by atoms with Gasteiger partial charge < -0.3 is 5.32 Å². The van der Waals surface area contributed by atoms with Gasteiger partial charge in [-0.1, -0.05) is 0 Å². The largest absolute Gasteiger partial charge is 0.370 e. The standard InChI is InChI=1S/C9H11N3/c1-3-11-9-5-4-8(6-10)7(2)12-9/h4-5H,3H2,1-2H3,(H,11,12). The smallest absolute Gasteiger partial charge is 0.126 e. The Morgan fingerprint density at radius 1 is 1.58 bits per heavy atom. The molecule has 1 aromatic heterocycles. The third-order valence-electron chi connectivity index (χ3n) is 1.56. The van der Waals surface area contributed by atoms with E-state index >= 15 is 0 Å². The number of hydrogen-bond acceptors (Lipinski definition) is 3. The van der Waals surface area contributed by atoms with Gasteiger partial charge in [-0.2, -0.15) is 5.26 Å². The highest BCUT2D eigenvalue weighted by atomic mass is 15.0. The molecule has 0 fully saturated rings. The molecule has 0 unspecified atom stereocenters. The molecule has 1 heterocycles. The fourth-order valence-electron chi connectivity index (χ4n) is 0.959. The number of aryl methyl sites for hydroxylation is 1. The molecule has 0 saturated carbocycles. The Kier molecular flexibility index (Phi) is 2.65. The topological polar surface area (TPSA) is 48.7 Å². The second-order valence-corrected chi connectivity index (χ2v) is 2.47. The Hall–Kier alpha value is -1.56. The lowest BCUT2D eigenvalue weighted by atomic mass is 10.2. The van der Waals surface area contributed by atoms with E-state index in [1.165, 1.54) is 0 Å². The molecule has 3 nitrogen and oxygen atoms in total. The van der Waals surface area contributed by atoms with E-state index in [0.717, 1.165) is 18.1 Å². The number of pyridine rings is 1. The van der Waals surface area contributed by atoms with E-state index < -0.39 is 0 Å². The molecular weight excluding hydrogens is 150 g/mol. The van der Waals surface area contributed by atoms with Gasteiger partial charge in [0.2, 0.25) is 0 Å². The number of nitrogens with zero attached hydrogens (tertiary/aromatic N) is 2. The van der Waals surface area contributed by atoms with Crippen LogP contribution in [0.1, 0.15) is 18.2 Å². The summed E-state index contributed by atoms with van der Waals surface area (Å²) in [5.74, 6) is 0.828. The van der Waals surface area contributed by atoms with Crippen molar-refractivity contribution in [3.63, 3.8) is 0 Å². The van der Waals surface area contributed by atoms with Crippen molar-refractivity contribution < 1.29 is 0 Å². The average molecular weight is 161 g/mol. The van der Waals surface area contributed by atoms with Gasteiger partial charge in [0.05, 0.1) is 11.3 Å². The van der Waals surface area contributed by atoms with Crippen LogP contribution in [0.15, 0.2) is 12.1 Å². The second-order valence-electron chi connectivity index (χ2n) is 2.47. The molecule has 1 N–H and O–H groups in total. The van der Waals surface area contributed by atoms with Crippen LogP contribution in [0.5, 0.6) is 0 Å². The first-order chi connectivity index (χ1) is 5.77. The molecular formula is C9H11N3. The van der Waals surface area contributed by atoms with Gasteiger partial charge >= 0.3 is 0 Å². The Balaban J connectivity index is 2.96. The Bertz CT molecular complexity index is 312. The van der Waals surface area contributed by atoms with Crippen molar-refractivity contribution >= 4 is 5.82 Å². The van der Waals surface area contributed by atoms with Crippen LogP contribution < -0.4 is 5.32 Å². The predicted octanol–water partition coefficient (Wildman–Crippen LogP) is 1.69. The molecule has 12 heavy (non-hydrogen) atoms. The zero-order chi connectivity index (χ0) is 8.97. The highest BCUT2D eigenvalue weighted by Crippen LogP contribution is 2.08. The monoisotopic (exact) mass is 161 g/mol.